The Morgan fingerprint density at radius 1 is 0.923 bits per heavy atom. The van der Waals surface area contributed by atoms with Gasteiger partial charge in [-0.15, -0.1) is 11.3 Å². The number of rotatable bonds is 4. The molecule has 26 heavy (non-hydrogen) atoms. The van der Waals surface area contributed by atoms with Crippen LogP contribution in [0.25, 0.3) is 33.1 Å². The molecule has 3 heterocycles. The van der Waals surface area contributed by atoms with E-state index < -0.39 is 0 Å². The number of aromatic amines is 1. The average molecular weight is 359 g/mol. The van der Waals surface area contributed by atoms with Gasteiger partial charge in [0.2, 0.25) is 0 Å². The van der Waals surface area contributed by atoms with Crippen molar-refractivity contribution in [2.24, 2.45) is 0 Å². The Bertz CT molecular complexity index is 1030. The van der Waals surface area contributed by atoms with Crippen LogP contribution in [0.1, 0.15) is 31.3 Å². The maximum atomic E-state index is 4.92. The molecule has 0 atom stereocenters. The molecular formula is C22H21N3S. The minimum absolute atomic E-state index is 0.327. The Morgan fingerprint density at radius 2 is 1.73 bits per heavy atom. The van der Waals surface area contributed by atoms with Gasteiger partial charge < -0.3 is 4.98 Å². The average Bonchev–Trinajstić information content (AvgIpc) is 3.32. The van der Waals surface area contributed by atoms with Gasteiger partial charge in [-0.2, -0.15) is 0 Å². The van der Waals surface area contributed by atoms with Crippen molar-refractivity contribution in [1.82, 2.24) is 15.0 Å². The van der Waals surface area contributed by atoms with Crippen molar-refractivity contribution in [3.05, 3.63) is 71.5 Å². The van der Waals surface area contributed by atoms with Gasteiger partial charge in [-0.25, -0.2) is 4.98 Å². The van der Waals surface area contributed by atoms with Crippen LogP contribution in [0.15, 0.2) is 60.0 Å². The van der Waals surface area contributed by atoms with Crippen molar-refractivity contribution in [3.8, 4) is 33.1 Å². The largest absolute Gasteiger partial charge is 0.340 e. The molecule has 0 fully saturated rings. The summed E-state index contributed by atoms with van der Waals surface area (Å²) in [4.78, 5) is 14.4. The Labute approximate surface area is 157 Å². The van der Waals surface area contributed by atoms with Gasteiger partial charge in [-0.3, -0.25) is 4.98 Å². The smallest absolute Gasteiger partial charge is 0.109 e. The lowest BCUT2D eigenvalue weighted by molar-refractivity contribution is 0.795. The van der Waals surface area contributed by atoms with Crippen molar-refractivity contribution >= 4 is 11.3 Å². The molecular weight excluding hydrogens is 338 g/mol. The number of imidazole rings is 1. The summed E-state index contributed by atoms with van der Waals surface area (Å²) in [5.74, 6) is 1.31. The number of hydrogen-bond donors (Lipinski definition) is 1. The van der Waals surface area contributed by atoms with E-state index in [2.05, 4.69) is 60.6 Å². The first-order chi connectivity index (χ1) is 12.6. The number of nitrogens with zero attached hydrogens (tertiary/aromatic N) is 2. The van der Waals surface area contributed by atoms with Crippen LogP contribution in [0.2, 0.25) is 0 Å². The molecule has 0 amide bonds. The topological polar surface area (TPSA) is 41.6 Å². The van der Waals surface area contributed by atoms with Gasteiger partial charge in [0.05, 0.1) is 17.1 Å². The van der Waals surface area contributed by atoms with Crippen LogP contribution in [0.5, 0.6) is 0 Å². The minimum atomic E-state index is 0.327. The lowest BCUT2D eigenvalue weighted by atomic mass is 10.0. The third kappa shape index (κ3) is 3.20. The molecule has 0 radical (unpaired) electrons. The summed E-state index contributed by atoms with van der Waals surface area (Å²) in [7, 11) is 0. The molecule has 4 heteroatoms. The lowest BCUT2D eigenvalue weighted by Crippen LogP contribution is -1.90. The molecule has 130 valence electrons. The highest BCUT2D eigenvalue weighted by molar-refractivity contribution is 7.13. The van der Waals surface area contributed by atoms with Gasteiger partial charge in [0, 0.05) is 22.1 Å². The molecule has 3 aromatic heterocycles. The van der Waals surface area contributed by atoms with Crippen LogP contribution in [0.3, 0.4) is 0 Å². The van der Waals surface area contributed by atoms with E-state index in [0.717, 1.165) is 34.2 Å². The fourth-order valence-corrected chi connectivity index (χ4v) is 3.73. The van der Waals surface area contributed by atoms with Gasteiger partial charge in [-0.1, -0.05) is 44.2 Å². The fraction of sp³-hybridized carbons (Fsp3) is 0.182. The fourth-order valence-electron chi connectivity index (χ4n) is 3.00. The molecule has 4 aromatic rings. The van der Waals surface area contributed by atoms with Crippen molar-refractivity contribution in [3.63, 3.8) is 0 Å². The summed E-state index contributed by atoms with van der Waals surface area (Å²) >= 11 is 1.75. The molecule has 0 bridgehead atoms. The van der Waals surface area contributed by atoms with Crippen LogP contribution in [-0.2, 0) is 0 Å². The number of nitrogens with one attached hydrogen (secondary N) is 1. The highest BCUT2D eigenvalue weighted by Crippen LogP contribution is 2.34. The number of H-pyrrole nitrogens is 1. The van der Waals surface area contributed by atoms with Gasteiger partial charge in [0.25, 0.3) is 0 Å². The van der Waals surface area contributed by atoms with Gasteiger partial charge >= 0.3 is 0 Å². The molecule has 0 aliphatic heterocycles. The minimum Gasteiger partial charge on any atom is -0.340 e. The Balaban J connectivity index is 1.87. The normalized spacial score (nSPS) is 11.2. The monoisotopic (exact) mass is 359 g/mol. The van der Waals surface area contributed by atoms with E-state index >= 15 is 0 Å². The van der Waals surface area contributed by atoms with Crippen molar-refractivity contribution in [2.45, 2.75) is 26.7 Å². The Morgan fingerprint density at radius 3 is 2.46 bits per heavy atom. The zero-order valence-electron chi connectivity index (χ0n) is 15.2. The summed E-state index contributed by atoms with van der Waals surface area (Å²) < 4.78 is 0. The van der Waals surface area contributed by atoms with E-state index in [1.807, 2.05) is 25.1 Å². The van der Waals surface area contributed by atoms with Gasteiger partial charge in [0.15, 0.2) is 0 Å². The van der Waals surface area contributed by atoms with E-state index in [1.165, 1.54) is 10.4 Å². The van der Waals surface area contributed by atoms with Crippen molar-refractivity contribution < 1.29 is 0 Å². The molecule has 0 saturated heterocycles. The summed E-state index contributed by atoms with van der Waals surface area (Å²) in [5, 5.41) is 2.11. The first-order valence-electron chi connectivity index (χ1n) is 8.80. The number of thiophene rings is 1. The highest BCUT2D eigenvalue weighted by Gasteiger charge is 2.17. The van der Waals surface area contributed by atoms with Crippen LogP contribution in [-0.4, -0.2) is 15.0 Å². The molecule has 0 spiro atoms. The Kier molecular flexibility index (Phi) is 4.43. The lowest BCUT2D eigenvalue weighted by Gasteiger charge is -2.05. The van der Waals surface area contributed by atoms with E-state index in [4.69, 9.17) is 9.97 Å². The Hall–Kier alpha value is -2.72. The van der Waals surface area contributed by atoms with Crippen LogP contribution in [0.4, 0.5) is 0 Å². The predicted octanol–water partition coefficient (Wildman–Crippen LogP) is 6.30. The maximum absolute atomic E-state index is 4.92. The van der Waals surface area contributed by atoms with Crippen molar-refractivity contribution in [1.29, 1.82) is 0 Å². The number of benzene rings is 1. The predicted molar refractivity (Wildman–Crippen MR) is 109 cm³/mol. The van der Waals surface area contributed by atoms with E-state index in [9.17, 15) is 0 Å². The molecule has 0 aliphatic carbocycles. The second kappa shape index (κ2) is 6.89. The number of aryl methyl sites for hydroxylation is 1. The SMILES string of the molecule is Cc1cccc(-c2[nH]c(C(C)C)nc2-c2cccc(-c3cccs3)c2)n1. The quantitative estimate of drug-likeness (QED) is 0.464. The van der Waals surface area contributed by atoms with E-state index in [0.29, 0.717) is 5.92 Å². The van der Waals surface area contributed by atoms with Crippen LogP contribution in [0, 0.1) is 6.92 Å². The molecule has 4 rings (SSSR count). The first kappa shape index (κ1) is 16.7. The summed E-state index contributed by atoms with van der Waals surface area (Å²) in [6.45, 7) is 6.32. The number of pyridine rings is 1. The third-order valence-corrected chi connectivity index (χ3v) is 5.27. The zero-order chi connectivity index (χ0) is 18.1. The van der Waals surface area contributed by atoms with E-state index in [1.54, 1.807) is 11.3 Å². The molecule has 1 N–H and O–H groups in total. The zero-order valence-corrected chi connectivity index (χ0v) is 16.0. The van der Waals surface area contributed by atoms with Gasteiger partial charge in [-0.05, 0) is 42.1 Å². The number of aromatic nitrogens is 3. The number of hydrogen-bond acceptors (Lipinski definition) is 3. The van der Waals surface area contributed by atoms with Crippen LogP contribution >= 0.6 is 11.3 Å². The van der Waals surface area contributed by atoms with Gasteiger partial charge in [0.1, 0.15) is 5.82 Å². The summed E-state index contributed by atoms with van der Waals surface area (Å²) in [6, 6.07) is 18.9. The third-order valence-electron chi connectivity index (χ3n) is 4.36. The van der Waals surface area contributed by atoms with E-state index in [-0.39, 0.29) is 0 Å². The second-order valence-corrected chi connectivity index (χ2v) is 7.67. The molecule has 0 unspecified atom stereocenters. The molecule has 3 nitrogen and oxygen atoms in total. The maximum Gasteiger partial charge on any atom is 0.109 e. The molecule has 0 saturated carbocycles. The highest BCUT2D eigenvalue weighted by atomic mass is 32.1. The molecule has 0 aliphatic rings. The standard InChI is InChI=1S/C22H21N3S/c1-14(2)22-24-20(21(25-22)18-10-4-7-15(3)23-18)17-9-5-8-16(13-17)19-11-6-12-26-19/h4-14H,1-3H3,(H,24,25). The summed E-state index contributed by atoms with van der Waals surface area (Å²) in [6.07, 6.45) is 0. The summed E-state index contributed by atoms with van der Waals surface area (Å²) in [5.41, 5.74) is 6.21. The van der Waals surface area contributed by atoms with Crippen molar-refractivity contribution in [2.75, 3.05) is 0 Å². The first-order valence-corrected chi connectivity index (χ1v) is 9.68. The molecule has 1 aromatic carbocycles. The second-order valence-electron chi connectivity index (χ2n) is 6.72. The van der Waals surface area contributed by atoms with Crippen LogP contribution < -0.4 is 0 Å².